The van der Waals surface area contributed by atoms with Gasteiger partial charge in [-0.1, -0.05) is 24.3 Å². The van der Waals surface area contributed by atoms with Gasteiger partial charge in [0, 0.05) is 25.4 Å². The minimum atomic E-state index is -0.390. The molecule has 1 aromatic heterocycles. The van der Waals surface area contributed by atoms with Crippen molar-refractivity contribution in [1.82, 2.24) is 9.47 Å². The third-order valence-corrected chi connectivity index (χ3v) is 5.41. The van der Waals surface area contributed by atoms with Crippen molar-refractivity contribution in [3.05, 3.63) is 58.9 Å². The van der Waals surface area contributed by atoms with E-state index in [2.05, 4.69) is 18.2 Å². The summed E-state index contributed by atoms with van der Waals surface area (Å²) in [5.74, 6) is -0.0696. The number of amides is 1. The van der Waals surface area contributed by atoms with E-state index in [0.29, 0.717) is 31.0 Å². The SMILES string of the molecule is CC(=O)c1cc(C(=O)N2CCOC3(CCc4ccccc43)C2)n(C)c1. The molecule has 1 aromatic carbocycles. The number of aromatic nitrogens is 1. The molecule has 4 rings (SSSR count). The Morgan fingerprint density at radius 2 is 2.04 bits per heavy atom. The monoisotopic (exact) mass is 338 g/mol. The van der Waals surface area contributed by atoms with Crippen molar-refractivity contribution in [2.24, 2.45) is 7.05 Å². The summed E-state index contributed by atoms with van der Waals surface area (Å²) >= 11 is 0. The number of Topliss-reactive ketones (excluding diaryl/α,β-unsaturated/α-hetero) is 1. The molecular formula is C20H22N2O3. The average Bonchev–Trinajstić information content (AvgIpc) is 3.17. The quantitative estimate of drug-likeness (QED) is 0.791. The summed E-state index contributed by atoms with van der Waals surface area (Å²) in [5.41, 5.74) is 3.26. The van der Waals surface area contributed by atoms with Crippen molar-refractivity contribution >= 4 is 11.7 Å². The fourth-order valence-corrected chi connectivity index (χ4v) is 4.06. The fourth-order valence-electron chi connectivity index (χ4n) is 4.06. The van der Waals surface area contributed by atoms with Gasteiger partial charge in [-0.3, -0.25) is 9.59 Å². The van der Waals surface area contributed by atoms with E-state index < -0.39 is 0 Å². The molecule has 0 bridgehead atoms. The molecule has 130 valence electrons. The zero-order chi connectivity index (χ0) is 17.6. The van der Waals surface area contributed by atoms with Crippen molar-refractivity contribution in [1.29, 1.82) is 0 Å². The van der Waals surface area contributed by atoms with Crippen LogP contribution in [0.4, 0.5) is 0 Å². The van der Waals surface area contributed by atoms with Crippen LogP contribution in [0.2, 0.25) is 0 Å². The largest absolute Gasteiger partial charge is 0.367 e. The van der Waals surface area contributed by atoms with E-state index in [1.165, 1.54) is 18.1 Å². The molecular weight excluding hydrogens is 316 g/mol. The number of aryl methyl sites for hydroxylation is 2. The third kappa shape index (κ3) is 2.59. The first-order valence-corrected chi connectivity index (χ1v) is 8.69. The number of carbonyl (C=O) groups excluding carboxylic acids is 2. The highest BCUT2D eigenvalue weighted by molar-refractivity contribution is 5.99. The first-order chi connectivity index (χ1) is 12.0. The van der Waals surface area contributed by atoms with E-state index in [4.69, 9.17) is 4.74 Å². The number of nitrogens with zero attached hydrogens (tertiary/aromatic N) is 2. The lowest BCUT2D eigenvalue weighted by Crippen LogP contribution is -2.51. The van der Waals surface area contributed by atoms with E-state index in [1.807, 2.05) is 11.0 Å². The van der Waals surface area contributed by atoms with Gasteiger partial charge in [0.25, 0.3) is 5.91 Å². The number of ketones is 1. The molecule has 1 unspecified atom stereocenters. The molecule has 1 amide bonds. The van der Waals surface area contributed by atoms with Gasteiger partial charge in [0.05, 0.1) is 13.2 Å². The highest BCUT2D eigenvalue weighted by atomic mass is 16.5. The highest BCUT2D eigenvalue weighted by Gasteiger charge is 2.44. The number of rotatable bonds is 2. The Labute approximate surface area is 147 Å². The first-order valence-electron chi connectivity index (χ1n) is 8.69. The Kier molecular flexibility index (Phi) is 3.76. The molecule has 0 N–H and O–H groups in total. The average molecular weight is 338 g/mol. The summed E-state index contributed by atoms with van der Waals surface area (Å²) in [7, 11) is 1.81. The topological polar surface area (TPSA) is 51.5 Å². The van der Waals surface area contributed by atoms with Gasteiger partial charge in [-0.25, -0.2) is 0 Å². The molecule has 1 saturated heterocycles. The Bertz CT molecular complexity index is 850. The standard InChI is InChI=1S/C20H22N2O3/c1-14(23)16-11-18(21(2)12-16)19(24)22-9-10-25-20(13-22)8-7-15-5-3-4-6-17(15)20/h3-6,11-12H,7-10,13H2,1-2H3. The summed E-state index contributed by atoms with van der Waals surface area (Å²) in [4.78, 5) is 26.5. The van der Waals surface area contributed by atoms with Crippen molar-refractivity contribution < 1.29 is 14.3 Å². The summed E-state index contributed by atoms with van der Waals surface area (Å²) in [5, 5.41) is 0. The maximum atomic E-state index is 13.0. The maximum Gasteiger partial charge on any atom is 0.270 e. The number of morpholine rings is 1. The van der Waals surface area contributed by atoms with Gasteiger partial charge in [0.15, 0.2) is 5.78 Å². The molecule has 25 heavy (non-hydrogen) atoms. The molecule has 2 aliphatic rings. The molecule has 0 radical (unpaired) electrons. The molecule has 5 heteroatoms. The van der Waals surface area contributed by atoms with Gasteiger partial charge in [-0.15, -0.1) is 0 Å². The highest BCUT2D eigenvalue weighted by Crippen LogP contribution is 2.42. The van der Waals surface area contributed by atoms with Gasteiger partial charge in [0.1, 0.15) is 11.3 Å². The number of hydrogen-bond acceptors (Lipinski definition) is 3. The zero-order valence-electron chi connectivity index (χ0n) is 14.6. The Morgan fingerprint density at radius 1 is 1.24 bits per heavy atom. The number of ether oxygens (including phenoxy) is 1. The molecule has 2 heterocycles. The normalized spacial score (nSPS) is 22.2. The zero-order valence-corrected chi connectivity index (χ0v) is 14.6. The van der Waals surface area contributed by atoms with Crippen molar-refractivity contribution in [3.63, 3.8) is 0 Å². The number of carbonyl (C=O) groups is 2. The lowest BCUT2D eigenvalue weighted by Gasteiger charge is -2.41. The van der Waals surface area contributed by atoms with Crippen LogP contribution in [0.3, 0.4) is 0 Å². The van der Waals surface area contributed by atoms with Gasteiger partial charge < -0.3 is 14.2 Å². The Hall–Kier alpha value is -2.40. The van der Waals surface area contributed by atoms with Crippen LogP contribution in [-0.4, -0.2) is 40.9 Å². The summed E-state index contributed by atoms with van der Waals surface area (Å²) in [6, 6.07) is 10.0. The van der Waals surface area contributed by atoms with Crippen LogP contribution in [0.25, 0.3) is 0 Å². The van der Waals surface area contributed by atoms with E-state index in [-0.39, 0.29) is 17.3 Å². The molecule has 5 nitrogen and oxygen atoms in total. The van der Waals surface area contributed by atoms with E-state index >= 15 is 0 Å². The second kappa shape index (κ2) is 5.85. The molecule has 1 spiro atoms. The van der Waals surface area contributed by atoms with Crippen molar-refractivity contribution in [2.45, 2.75) is 25.4 Å². The molecule has 2 aromatic rings. The lowest BCUT2D eigenvalue weighted by atomic mass is 9.93. The molecule has 1 atom stereocenters. The number of hydrogen-bond donors (Lipinski definition) is 0. The molecule has 1 fully saturated rings. The van der Waals surface area contributed by atoms with Gasteiger partial charge in [0.2, 0.25) is 0 Å². The van der Waals surface area contributed by atoms with Gasteiger partial charge in [-0.2, -0.15) is 0 Å². The predicted octanol–water partition coefficient (Wildman–Crippen LogP) is 2.54. The van der Waals surface area contributed by atoms with E-state index in [9.17, 15) is 9.59 Å². The maximum absolute atomic E-state index is 13.0. The second-order valence-electron chi connectivity index (χ2n) is 7.01. The van der Waals surface area contributed by atoms with Crippen LogP contribution in [-0.2, 0) is 23.8 Å². The van der Waals surface area contributed by atoms with Gasteiger partial charge in [-0.05, 0) is 37.0 Å². The lowest BCUT2D eigenvalue weighted by molar-refractivity contribution is -0.104. The minimum absolute atomic E-state index is 0.0298. The number of fused-ring (bicyclic) bond motifs is 2. The Balaban J connectivity index is 1.62. The minimum Gasteiger partial charge on any atom is -0.367 e. The van der Waals surface area contributed by atoms with Crippen LogP contribution in [0.1, 0.15) is 45.3 Å². The molecule has 1 aliphatic carbocycles. The fraction of sp³-hybridized carbons (Fsp3) is 0.400. The van der Waals surface area contributed by atoms with Crippen molar-refractivity contribution in [2.75, 3.05) is 19.7 Å². The molecule has 1 aliphatic heterocycles. The smallest absolute Gasteiger partial charge is 0.270 e. The summed E-state index contributed by atoms with van der Waals surface area (Å²) in [6.07, 6.45) is 3.61. The van der Waals surface area contributed by atoms with Crippen LogP contribution in [0.15, 0.2) is 36.5 Å². The van der Waals surface area contributed by atoms with E-state index in [0.717, 1.165) is 12.8 Å². The van der Waals surface area contributed by atoms with E-state index in [1.54, 1.807) is 23.9 Å². The predicted molar refractivity (Wildman–Crippen MR) is 93.7 cm³/mol. The first kappa shape index (κ1) is 16.1. The van der Waals surface area contributed by atoms with Crippen LogP contribution >= 0.6 is 0 Å². The van der Waals surface area contributed by atoms with Crippen LogP contribution in [0.5, 0.6) is 0 Å². The summed E-state index contributed by atoms with van der Waals surface area (Å²) in [6.45, 7) is 3.18. The van der Waals surface area contributed by atoms with Crippen LogP contribution in [0, 0.1) is 0 Å². The Morgan fingerprint density at radius 3 is 2.80 bits per heavy atom. The third-order valence-electron chi connectivity index (χ3n) is 5.41. The second-order valence-corrected chi connectivity index (χ2v) is 7.01. The molecule has 0 saturated carbocycles. The van der Waals surface area contributed by atoms with Gasteiger partial charge >= 0.3 is 0 Å². The number of benzene rings is 1. The van der Waals surface area contributed by atoms with Crippen molar-refractivity contribution in [3.8, 4) is 0 Å². The summed E-state index contributed by atoms with van der Waals surface area (Å²) < 4.78 is 7.93. The van der Waals surface area contributed by atoms with Crippen LogP contribution < -0.4 is 0 Å².